The minimum Gasteiger partial charge on any atom is -0.367 e. The Morgan fingerprint density at radius 2 is 1.85 bits per heavy atom. The van der Waals surface area contributed by atoms with Gasteiger partial charge in [-0.25, -0.2) is 8.78 Å². The van der Waals surface area contributed by atoms with Crippen LogP contribution in [0.4, 0.5) is 14.5 Å². The van der Waals surface area contributed by atoms with Gasteiger partial charge in [0.15, 0.2) is 0 Å². The molecule has 1 nitrogen and oxygen atoms in total. The standard InChI is InChI=1S/C16H22BrF2N/c1-11(2)13-4-3-6-20(7-5-13)16-14(18)8-12(10-17)9-15(16)19/h8-9,11,13H,3-7,10H2,1-2H3. The predicted molar refractivity (Wildman–Crippen MR) is 83.4 cm³/mol. The highest BCUT2D eigenvalue weighted by molar-refractivity contribution is 9.08. The van der Waals surface area contributed by atoms with E-state index in [0.717, 1.165) is 32.4 Å². The highest BCUT2D eigenvalue weighted by Gasteiger charge is 2.23. The second kappa shape index (κ2) is 6.88. The lowest BCUT2D eigenvalue weighted by atomic mass is 9.89. The normalized spacial score (nSPS) is 20.3. The van der Waals surface area contributed by atoms with Crippen LogP contribution in [-0.4, -0.2) is 13.1 Å². The van der Waals surface area contributed by atoms with Crippen molar-refractivity contribution in [1.29, 1.82) is 0 Å². The summed E-state index contributed by atoms with van der Waals surface area (Å²) in [7, 11) is 0. The molecule has 0 N–H and O–H groups in total. The molecule has 0 radical (unpaired) electrons. The van der Waals surface area contributed by atoms with Gasteiger partial charge in [-0.15, -0.1) is 0 Å². The first-order chi connectivity index (χ1) is 9.52. The van der Waals surface area contributed by atoms with E-state index in [9.17, 15) is 8.78 Å². The maximum atomic E-state index is 14.2. The van der Waals surface area contributed by atoms with Crippen molar-refractivity contribution in [3.05, 3.63) is 29.3 Å². The highest BCUT2D eigenvalue weighted by atomic mass is 79.9. The van der Waals surface area contributed by atoms with Gasteiger partial charge in [0, 0.05) is 18.4 Å². The number of hydrogen-bond donors (Lipinski definition) is 0. The van der Waals surface area contributed by atoms with Crippen LogP contribution in [0.5, 0.6) is 0 Å². The number of rotatable bonds is 3. The smallest absolute Gasteiger partial charge is 0.149 e. The van der Waals surface area contributed by atoms with Gasteiger partial charge < -0.3 is 4.90 Å². The summed E-state index contributed by atoms with van der Waals surface area (Å²) in [6.07, 6.45) is 3.16. The van der Waals surface area contributed by atoms with Crippen LogP contribution in [0, 0.1) is 23.5 Å². The molecule has 1 saturated heterocycles. The van der Waals surface area contributed by atoms with Crippen molar-refractivity contribution in [3.8, 4) is 0 Å². The molecule has 0 amide bonds. The highest BCUT2D eigenvalue weighted by Crippen LogP contribution is 2.31. The second-order valence-corrected chi connectivity index (χ2v) is 6.52. The van der Waals surface area contributed by atoms with Gasteiger partial charge in [-0.3, -0.25) is 0 Å². The first kappa shape index (κ1) is 15.7. The van der Waals surface area contributed by atoms with E-state index in [4.69, 9.17) is 0 Å². The summed E-state index contributed by atoms with van der Waals surface area (Å²) in [4.78, 5) is 1.88. The maximum Gasteiger partial charge on any atom is 0.149 e. The van der Waals surface area contributed by atoms with Crippen LogP contribution in [0.3, 0.4) is 0 Å². The van der Waals surface area contributed by atoms with E-state index in [0.29, 0.717) is 22.7 Å². The molecule has 1 heterocycles. The van der Waals surface area contributed by atoms with Crippen molar-refractivity contribution in [3.63, 3.8) is 0 Å². The van der Waals surface area contributed by atoms with E-state index >= 15 is 0 Å². The van der Waals surface area contributed by atoms with E-state index < -0.39 is 11.6 Å². The number of alkyl halides is 1. The maximum absolute atomic E-state index is 14.2. The van der Waals surface area contributed by atoms with E-state index in [1.165, 1.54) is 12.1 Å². The van der Waals surface area contributed by atoms with Crippen LogP contribution in [-0.2, 0) is 5.33 Å². The van der Waals surface area contributed by atoms with Gasteiger partial charge in [0.2, 0.25) is 0 Å². The topological polar surface area (TPSA) is 3.24 Å². The van der Waals surface area contributed by atoms with Gasteiger partial charge in [-0.2, -0.15) is 0 Å². The second-order valence-electron chi connectivity index (χ2n) is 5.96. The van der Waals surface area contributed by atoms with Gasteiger partial charge in [0.1, 0.15) is 17.3 Å². The molecule has 2 rings (SSSR count). The number of halogens is 3. The third kappa shape index (κ3) is 3.51. The van der Waals surface area contributed by atoms with Crippen LogP contribution in [0.25, 0.3) is 0 Å². The molecule has 1 aliphatic heterocycles. The molecule has 112 valence electrons. The average molecular weight is 346 g/mol. The third-order valence-electron chi connectivity index (χ3n) is 4.26. The Morgan fingerprint density at radius 1 is 1.20 bits per heavy atom. The van der Waals surface area contributed by atoms with Crippen molar-refractivity contribution in [2.45, 2.75) is 38.4 Å². The fourth-order valence-electron chi connectivity index (χ4n) is 3.01. The van der Waals surface area contributed by atoms with Gasteiger partial charge in [-0.05, 0) is 48.8 Å². The van der Waals surface area contributed by atoms with E-state index in [2.05, 4.69) is 29.8 Å². The lowest BCUT2D eigenvalue weighted by Crippen LogP contribution is -2.26. The van der Waals surface area contributed by atoms with Crippen molar-refractivity contribution >= 4 is 21.6 Å². The first-order valence-corrected chi connectivity index (χ1v) is 8.44. The quantitative estimate of drug-likeness (QED) is 0.687. The molecule has 0 aliphatic carbocycles. The Labute approximate surface area is 128 Å². The molecule has 0 aromatic heterocycles. The SMILES string of the molecule is CC(C)C1CCCN(c2c(F)cc(CBr)cc2F)CC1. The number of nitrogens with zero attached hydrogens (tertiary/aromatic N) is 1. The molecule has 1 fully saturated rings. The predicted octanol–water partition coefficient (Wildman–Crippen LogP) is 5.12. The molecular formula is C16H22BrF2N. The van der Waals surface area contributed by atoms with Crippen LogP contribution in [0.15, 0.2) is 12.1 Å². The fourth-order valence-corrected chi connectivity index (χ4v) is 3.33. The molecule has 0 saturated carbocycles. The summed E-state index contributed by atoms with van der Waals surface area (Å²) in [5.41, 5.74) is 0.790. The van der Waals surface area contributed by atoms with E-state index in [-0.39, 0.29) is 5.69 Å². The zero-order valence-electron chi connectivity index (χ0n) is 12.1. The monoisotopic (exact) mass is 345 g/mol. The molecule has 20 heavy (non-hydrogen) atoms. The summed E-state index contributed by atoms with van der Waals surface area (Å²) >= 11 is 3.24. The van der Waals surface area contributed by atoms with Crippen LogP contribution in [0.2, 0.25) is 0 Å². The minimum atomic E-state index is -0.442. The lowest BCUT2D eigenvalue weighted by molar-refractivity contribution is 0.351. The molecule has 0 spiro atoms. The number of benzene rings is 1. The largest absolute Gasteiger partial charge is 0.367 e. The van der Waals surface area contributed by atoms with Crippen LogP contribution >= 0.6 is 15.9 Å². The Kier molecular flexibility index (Phi) is 5.42. The molecule has 1 unspecified atom stereocenters. The van der Waals surface area contributed by atoms with Crippen molar-refractivity contribution in [1.82, 2.24) is 0 Å². The average Bonchev–Trinajstić information content (AvgIpc) is 2.63. The zero-order chi connectivity index (χ0) is 14.7. The molecule has 1 aromatic carbocycles. The summed E-state index contributed by atoms with van der Waals surface area (Å²) in [5, 5.41) is 0.469. The van der Waals surface area contributed by atoms with E-state index in [1.807, 2.05) is 4.90 Å². The molecule has 4 heteroatoms. The summed E-state index contributed by atoms with van der Waals surface area (Å²) in [5.74, 6) is 0.415. The molecular weight excluding hydrogens is 324 g/mol. The van der Waals surface area contributed by atoms with Crippen molar-refractivity contribution in [2.24, 2.45) is 11.8 Å². The lowest BCUT2D eigenvalue weighted by Gasteiger charge is -2.24. The first-order valence-electron chi connectivity index (χ1n) is 7.31. The summed E-state index contributed by atoms with van der Waals surface area (Å²) in [6, 6.07) is 2.86. The van der Waals surface area contributed by atoms with Gasteiger partial charge in [-0.1, -0.05) is 29.8 Å². The molecule has 1 aromatic rings. The number of hydrogen-bond acceptors (Lipinski definition) is 1. The molecule has 1 aliphatic rings. The molecule has 0 bridgehead atoms. The zero-order valence-corrected chi connectivity index (χ0v) is 13.7. The Morgan fingerprint density at radius 3 is 2.40 bits per heavy atom. The van der Waals surface area contributed by atoms with Gasteiger partial charge >= 0.3 is 0 Å². The van der Waals surface area contributed by atoms with E-state index in [1.54, 1.807) is 0 Å². The Balaban J connectivity index is 2.19. The van der Waals surface area contributed by atoms with Gasteiger partial charge in [0.05, 0.1) is 0 Å². The molecule has 1 atom stereocenters. The summed E-state index contributed by atoms with van der Waals surface area (Å²) in [6.45, 7) is 5.94. The third-order valence-corrected chi connectivity index (χ3v) is 4.91. The van der Waals surface area contributed by atoms with Gasteiger partial charge in [0.25, 0.3) is 0 Å². The minimum absolute atomic E-state index is 0.152. The summed E-state index contributed by atoms with van der Waals surface area (Å²) < 4.78 is 28.3. The Bertz CT molecular complexity index is 439. The van der Waals surface area contributed by atoms with Crippen molar-refractivity contribution in [2.75, 3.05) is 18.0 Å². The Hall–Kier alpha value is -0.640. The number of anilines is 1. The fraction of sp³-hybridized carbons (Fsp3) is 0.625. The van der Waals surface area contributed by atoms with Crippen molar-refractivity contribution < 1.29 is 8.78 Å². The van der Waals surface area contributed by atoms with Crippen LogP contribution in [0.1, 0.15) is 38.7 Å². The van der Waals surface area contributed by atoms with Crippen LogP contribution < -0.4 is 4.90 Å².